The Morgan fingerprint density at radius 1 is 1.05 bits per heavy atom. The molecule has 0 aliphatic rings. The number of para-hydroxylation sites is 3. The van der Waals surface area contributed by atoms with Crippen molar-refractivity contribution in [3.8, 4) is 11.5 Å². The summed E-state index contributed by atoms with van der Waals surface area (Å²) in [7, 11) is 0. The topological polar surface area (TPSA) is 50.4 Å². The number of amides is 1. The first-order valence-electron chi connectivity index (χ1n) is 7.12. The Morgan fingerprint density at radius 2 is 1.76 bits per heavy atom. The molecule has 4 heteroatoms. The fourth-order valence-electron chi connectivity index (χ4n) is 1.87. The van der Waals surface area contributed by atoms with Gasteiger partial charge in [-0.3, -0.25) is 4.79 Å². The number of ether oxygens (including phenoxy) is 1. The summed E-state index contributed by atoms with van der Waals surface area (Å²) in [6.45, 7) is 3.55. The summed E-state index contributed by atoms with van der Waals surface area (Å²) in [6.07, 6.45) is 0.438. The van der Waals surface area contributed by atoms with Crippen molar-refractivity contribution < 1.29 is 9.53 Å². The maximum Gasteiger partial charge on any atom is 0.225 e. The predicted octanol–water partition coefficient (Wildman–Crippen LogP) is 3.42. The number of benzene rings is 2. The Bertz CT molecular complexity index is 570. The summed E-state index contributed by atoms with van der Waals surface area (Å²) in [5, 5.41) is 6.01. The zero-order valence-electron chi connectivity index (χ0n) is 12.1. The Kier molecular flexibility index (Phi) is 5.79. The van der Waals surface area contributed by atoms with Crippen LogP contribution in [-0.4, -0.2) is 19.0 Å². The van der Waals surface area contributed by atoms with E-state index in [9.17, 15) is 4.79 Å². The fraction of sp³-hybridized carbons (Fsp3) is 0.235. The SMILES string of the molecule is CCNCCC(=O)Nc1ccccc1Oc1ccccc1. The molecule has 0 aliphatic heterocycles. The molecule has 0 unspecified atom stereocenters. The van der Waals surface area contributed by atoms with Crippen LogP contribution in [0.1, 0.15) is 13.3 Å². The highest BCUT2D eigenvalue weighted by atomic mass is 16.5. The van der Waals surface area contributed by atoms with Crippen molar-refractivity contribution in [3.05, 3.63) is 54.6 Å². The Labute approximate surface area is 125 Å². The fourth-order valence-corrected chi connectivity index (χ4v) is 1.87. The number of hydrogen-bond acceptors (Lipinski definition) is 3. The van der Waals surface area contributed by atoms with Gasteiger partial charge in [0.2, 0.25) is 5.91 Å². The largest absolute Gasteiger partial charge is 0.455 e. The highest BCUT2D eigenvalue weighted by Crippen LogP contribution is 2.29. The summed E-state index contributed by atoms with van der Waals surface area (Å²) in [5.41, 5.74) is 0.683. The molecule has 0 aromatic heterocycles. The van der Waals surface area contributed by atoms with Crippen molar-refractivity contribution in [2.45, 2.75) is 13.3 Å². The molecule has 0 spiro atoms. The zero-order valence-corrected chi connectivity index (χ0v) is 12.1. The third-order valence-electron chi connectivity index (χ3n) is 2.91. The van der Waals surface area contributed by atoms with Crippen molar-refractivity contribution in [2.24, 2.45) is 0 Å². The van der Waals surface area contributed by atoms with Gasteiger partial charge in [0.05, 0.1) is 5.69 Å². The first-order valence-corrected chi connectivity index (χ1v) is 7.12. The van der Waals surface area contributed by atoms with Crippen LogP contribution < -0.4 is 15.4 Å². The number of nitrogens with one attached hydrogen (secondary N) is 2. The van der Waals surface area contributed by atoms with E-state index in [0.29, 0.717) is 24.4 Å². The van der Waals surface area contributed by atoms with E-state index in [1.54, 1.807) is 0 Å². The van der Waals surface area contributed by atoms with Gasteiger partial charge in [-0.25, -0.2) is 0 Å². The summed E-state index contributed by atoms with van der Waals surface area (Å²) in [5.74, 6) is 1.35. The molecule has 0 bridgehead atoms. The lowest BCUT2D eigenvalue weighted by molar-refractivity contribution is -0.116. The minimum absolute atomic E-state index is 0.0277. The van der Waals surface area contributed by atoms with Crippen LogP contribution in [0.15, 0.2) is 54.6 Å². The molecule has 2 rings (SSSR count). The first kappa shape index (κ1) is 15.1. The highest BCUT2D eigenvalue weighted by Gasteiger charge is 2.08. The zero-order chi connectivity index (χ0) is 14.9. The van der Waals surface area contributed by atoms with E-state index in [1.165, 1.54) is 0 Å². The van der Waals surface area contributed by atoms with Crippen LogP contribution in [0.25, 0.3) is 0 Å². The molecule has 4 nitrogen and oxygen atoms in total. The molecule has 0 atom stereocenters. The average molecular weight is 284 g/mol. The van der Waals surface area contributed by atoms with Gasteiger partial charge in [0.1, 0.15) is 5.75 Å². The molecular weight excluding hydrogens is 264 g/mol. The second-order valence-electron chi connectivity index (χ2n) is 4.56. The number of hydrogen-bond donors (Lipinski definition) is 2. The van der Waals surface area contributed by atoms with Gasteiger partial charge in [-0.1, -0.05) is 37.3 Å². The lowest BCUT2D eigenvalue weighted by atomic mass is 10.2. The molecule has 110 valence electrons. The third-order valence-corrected chi connectivity index (χ3v) is 2.91. The van der Waals surface area contributed by atoms with E-state index in [2.05, 4.69) is 10.6 Å². The molecule has 0 fully saturated rings. The minimum atomic E-state index is -0.0277. The highest BCUT2D eigenvalue weighted by molar-refractivity contribution is 5.92. The van der Waals surface area contributed by atoms with Gasteiger partial charge < -0.3 is 15.4 Å². The third kappa shape index (κ3) is 4.93. The minimum Gasteiger partial charge on any atom is -0.455 e. The van der Waals surface area contributed by atoms with Crippen LogP contribution in [0.5, 0.6) is 11.5 Å². The van der Waals surface area contributed by atoms with Gasteiger partial charge in [-0.15, -0.1) is 0 Å². The Balaban J connectivity index is 2.01. The van der Waals surface area contributed by atoms with Gasteiger partial charge in [-0.2, -0.15) is 0 Å². The van der Waals surface area contributed by atoms with Crippen molar-refractivity contribution >= 4 is 11.6 Å². The summed E-state index contributed by atoms with van der Waals surface area (Å²) in [6, 6.07) is 16.9. The van der Waals surface area contributed by atoms with Crippen LogP contribution in [0.4, 0.5) is 5.69 Å². The average Bonchev–Trinajstić information content (AvgIpc) is 2.51. The van der Waals surface area contributed by atoms with Gasteiger partial charge in [-0.05, 0) is 30.8 Å². The first-order chi connectivity index (χ1) is 10.3. The lowest BCUT2D eigenvalue weighted by Crippen LogP contribution is -2.21. The van der Waals surface area contributed by atoms with Gasteiger partial charge >= 0.3 is 0 Å². The maximum absolute atomic E-state index is 11.9. The summed E-state index contributed by atoms with van der Waals surface area (Å²) >= 11 is 0. The molecule has 0 heterocycles. The number of carbonyl (C=O) groups is 1. The van der Waals surface area contributed by atoms with Crippen LogP contribution in [0.2, 0.25) is 0 Å². The standard InChI is InChI=1S/C17H20N2O2/c1-2-18-13-12-17(20)19-15-10-6-7-11-16(15)21-14-8-4-3-5-9-14/h3-11,18H,2,12-13H2,1H3,(H,19,20). The maximum atomic E-state index is 11.9. The molecule has 0 aliphatic carbocycles. The molecular formula is C17H20N2O2. The van der Waals surface area contributed by atoms with Crippen molar-refractivity contribution in [1.29, 1.82) is 0 Å². The van der Waals surface area contributed by atoms with Crippen molar-refractivity contribution in [3.63, 3.8) is 0 Å². The summed E-state index contributed by atoms with van der Waals surface area (Å²) < 4.78 is 5.81. The van der Waals surface area contributed by atoms with Crippen LogP contribution >= 0.6 is 0 Å². The van der Waals surface area contributed by atoms with Crippen LogP contribution in [-0.2, 0) is 4.79 Å². The molecule has 2 N–H and O–H groups in total. The molecule has 2 aromatic carbocycles. The Morgan fingerprint density at radius 3 is 2.52 bits per heavy atom. The van der Waals surface area contributed by atoms with E-state index >= 15 is 0 Å². The molecule has 0 radical (unpaired) electrons. The normalized spacial score (nSPS) is 10.1. The lowest BCUT2D eigenvalue weighted by Gasteiger charge is -2.12. The monoisotopic (exact) mass is 284 g/mol. The molecule has 0 saturated carbocycles. The number of carbonyl (C=O) groups excluding carboxylic acids is 1. The van der Waals surface area contributed by atoms with Gasteiger partial charge in [0.25, 0.3) is 0 Å². The molecule has 1 amide bonds. The van der Waals surface area contributed by atoms with Crippen molar-refractivity contribution in [1.82, 2.24) is 5.32 Å². The Hall–Kier alpha value is -2.33. The van der Waals surface area contributed by atoms with Gasteiger partial charge in [0.15, 0.2) is 5.75 Å². The smallest absolute Gasteiger partial charge is 0.225 e. The van der Waals surface area contributed by atoms with Crippen molar-refractivity contribution in [2.75, 3.05) is 18.4 Å². The van der Waals surface area contributed by atoms with Crippen LogP contribution in [0, 0.1) is 0 Å². The second-order valence-corrected chi connectivity index (χ2v) is 4.56. The van der Waals surface area contributed by atoms with E-state index in [1.807, 2.05) is 61.5 Å². The van der Waals surface area contributed by atoms with E-state index in [4.69, 9.17) is 4.74 Å². The van der Waals surface area contributed by atoms with E-state index in [0.717, 1.165) is 12.3 Å². The second kappa shape index (κ2) is 8.07. The van der Waals surface area contributed by atoms with E-state index in [-0.39, 0.29) is 5.91 Å². The molecule has 21 heavy (non-hydrogen) atoms. The van der Waals surface area contributed by atoms with E-state index < -0.39 is 0 Å². The molecule has 0 saturated heterocycles. The van der Waals surface area contributed by atoms with Crippen LogP contribution in [0.3, 0.4) is 0 Å². The quantitative estimate of drug-likeness (QED) is 0.766. The van der Waals surface area contributed by atoms with Gasteiger partial charge in [0, 0.05) is 13.0 Å². The predicted molar refractivity (Wildman–Crippen MR) is 84.7 cm³/mol. The molecule has 2 aromatic rings. The number of rotatable bonds is 7. The number of anilines is 1. The summed E-state index contributed by atoms with van der Waals surface area (Å²) in [4.78, 5) is 11.9.